The first-order chi connectivity index (χ1) is 4.79. The quantitative estimate of drug-likeness (QED) is 0.576. The van der Waals surface area contributed by atoms with Gasteiger partial charge in [0.25, 0.3) is 7.28 Å². The molecule has 5 N–H and O–H groups in total. The van der Waals surface area contributed by atoms with Crippen molar-refractivity contribution in [3.8, 4) is 0 Å². The van der Waals surface area contributed by atoms with Gasteiger partial charge in [0.15, 0.2) is 0 Å². The van der Waals surface area contributed by atoms with Crippen LogP contribution in [0.1, 0.15) is 0 Å². The topological polar surface area (TPSA) is 100 Å². The third-order valence-electron chi connectivity index (χ3n) is 1.09. The molecule has 0 aliphatic heterocycles. The molecule has 0 unspecified atom stereocenters. The largest absolute Gasteiger partial charge is 0.489 e. The molecule has 0 aliphatic rings. The molecule has 0 aliphatic carbocycles. The molecule has 0 bridgehead atoms. The number of rotatable bonds is 2. The maximum Gasteiger partial charge on any atom is 0.299 e. The van der Waals surface area contributed by atoms with E-state index in [2.05, 4.69) is 0 Å². The van der Waals surface area contributed by atoms with Crippen molar-refractivity contribution in [2.45, 2.75) is 0 Å². The summed E-state index contributed by atoms with van der Waals surface area (Å²) in [4.78, 5) is 10.1. The van der Waals surface area contributed by atoms with Crippen molar-refractivity contribution in [1.82, 2.24) is 0 Å². The molecular weight excluding hydrogens is 159 g/mol. The molecule has 65 valence electrons. The summed E-state index contributed by atoms with van der Waals surface area (Å²) in [5.74, 6) is -0.911. The summed E-state index contributed by atoms with van der Waals surface area (Å²) in [5, 5.41) is 8.31. The van der Waals surface area contributed by atoms with E-state index in [0.717, 1.165) is 5.46 Å². The van der Waals surface area contributed by atoms with E-state index in [1.165, 1.54) is 7.28 Å². The molecule has 0 amide bonds. The Kier molecular flexibility index (Phi) is 7.07. The average molecular weight is 169 g/mol. The zero-order chi connectivity index (χ0) is 7.40. The predicted molar refractivity (Wildman–Crippen MR) is 47.1 cm³/mol. The van der Waals surface area contributed by atoms with Crippen LogP contribution in [-0.2, 0) is 0 Å². The summed E-state index contributed by atoms with van der Waals surface area (Å²) >= 11 is 0. The molecule has 0 fully saturated rings. The van der Waals surface area contributed by atoms with Crippen LogP contribution in [0.2, 0.25) is 0 Å². The van der Waals surface area contributed by atoms with Crippen molar-refractivity contribution in [2.24, 2.45) is 0 Å². The van der Waals surface area contributed by atoms with Crippen molar-refractivity contribution in [2.75, 3.05) is 0 Å². The SMILES string of the molecule is O.O.O=C(O)[B]c1ccccc1. The minimum absolute atomic E-state index is 0. The fourth-order valence-corrected chi connectivity index (χ4v) is 0.692. The second kappa shape index (κ2) is 6.39. The molecule has 1 rings (SSSR count). The first-order valence-corrected chi connectivity index (χ1v) is 2.92. The van der Waals surface area contributed by atoms with Gasteiger partial charge in [-0.3, -0.25) is 4.79 Å². The van der Waals surface area contributed by atoms with Crippen LogP contribution in [0.5, 0.6) is 0 Å². The number of carboxylic acid groups (broad SMARTS) is 1. The summed E-state index contributed by atoms with van der Waals surface area (Å²) in [5.41, 5.74) is 0.718. The van der Waals surface area contributed by atoms with Gasteiger partial charge in [-0.25, -0.2) is 0 Å². The smallest absolute Gasteiger partial charge is 0.299 e. The Bertz CT molecular complexity index is 224. The van der Waals surface area contributed by atoms with E-state index < -0.39 is 5.87 Å². The Morgan fingerprint density at radius 1 is 1.17 bits per heavy atom. The van der Waals surface area contributed by atoms with Crippen LogP contribution < -0.4 is 5.46 Å². The summed E-state index contributed by atoms with van der Waals surface area (Å²) in [6.45, 7) is 0. The van der Waals surface area contributed by atoms with Gasteiger partial charge in [-0.05, 0) is 0 Å². The lowest BCUT2D eigenvalue weighted by atomic mass is 9.71. The Morgan fingerprint density at radius 3 is 2.08 bits per heavy atom. The second-order valence-corrected chi connectivity index (χ2v) is 1.89. The fraction of sp³-hybridized carbons (Fsp3) is 0. The number of benzene rings is 1. The van der Waals surface area contributed by atoms with Gasteiger partial charge in [0.2, 0.25) is 5.87 Å². The summed E-state index contributed by atoms with van der Waals surface area (Å²) < 4.78 is 0. The van der Waals surface area contributed by atoms with Gasteiger partial charge in [-0.15, -0.1) is 0 Å². The summed E-state index contributed by atoms with van der Waals surface area (Å²) in [6.07, 6.45) is 0. The van der Waals surface area contributed by atoms with Crippen LogP contribution in [-0.4, -0.2) is 29.2 Å². The van der Waals surface area contributed by atoms with Gasteiger partial charge in [0.05, 0.1) is 0 Å². The lowest BCUT2D eigenvalue weighted by Gasteiger charge is -1.90. The number of hydrogen-bond donors (Lipinski definition) is 1. The second-order valence-electron chi connectivity index (χ2n) is 1.89. The number of hydrogen-bond acceptors (Lipinski definition) is 1. The molecule has 0 atom stereocenters. The summed E-state index contributed by atoms with van der Waals surface area (Å²) in [7, 11) is 1.17. The molecule has 1 aromatic rings. The Hall–Kier alpha value is -1.33. The van der Waals surface area contributed by atoms with Gasteiger partial charge in [0.1, 0.15) is 0 Å². The lowest BCUT2D eigenvalue weighted by Crippen LogP contribution is -2.21. The van der Waals surface area contributed by atoms with E-state index in [1.807, 2.05) is 6.07 Å². The molecule has 1 aromatic carbocycles. The predicted octanol–water partition coefficient (Wildman–Crippen LogP) is -0.955. The van der Waals surface area contributed by atoms with Crippen molar-refractivity contribution in [3.05, 3.63) is 30.3 Å². The minimum Gasteiger partial charge on any atom is -0.489 e. The maximum absolute atomic E-state index is 10.1. The third-order valence-corrected chi connectivity index (χ3v) is 1.09. The molecule has 4 nitrogen and oxygen atoms in total. The average Bonchev–Trinajstić information content (AvgIpc) is 1.88. The van der Waals surface area contributed by atoms with Crippen molar-refractivity contribution >= 4 is 18.6 Å². The van der Waals surface area contributed by atoms with E-state index in [4.69, 9.17) is 5.11 Å². The van der Waals surface area contributed by atoms with Crippen LogP contribution in [0.15, 0.2) is 30.3 Å². The van der Waals surface area contributed by atoms with Crippen LogP contribution in [0.25, 0.3) is 0 Å². The molecule has 0 heterocycles. The molecule has 0 saturated heterocycles. The van der Waals surface area contributed by atoms with Gasteiger partial charge in [0, 0.05) is 0 Å². The van der Waals surface area contributed by atoms with Gasteiger partial charge < -0.3 is 16.1 Å². The van der Waals surface area contributed by atoms with Crippen molar-refractivity contribution in [3.63, 3.8) is 0 Å². The molecule has 0 saturated carbocycles. The Labute approximate surface area is 70.7 Å². The lowest BCUT2D eigenvalue weighted by molar-refractivity contribution is 0.220. The zero-order valence-corrected chi connectivity index (χ0v) is 6.32. The highest BCUT2D eigenvalue weighted by Gasteiger charge is 2.00. The molecule has 5 heteroatoms. The summed E-state index contributed by atoms with van der Waals surface area (Å²) in [6, 6.07) is 8.94. The van der Waals surface area contributed by atoms with E-state index in [0.29, 0.717) is 0 Å². The molecular formula is C7H10BO4. The highest BCUT2D eigenvalue weighted by molar-refractivity contribution is 6.82. The van der Waals surface area contributed by atoms with Crippen LogP contribution in [0.4, 0.5) is 4.79 Å². The highest BCUT2D eigenvalue weighted by atomic mass is 16.4. The Morgan fingerprint density at radius 2 is 1.67 bits per heavy atom. The van der Waals surface area contributed by atoms with Gasteiger partial charge >= 0.3 is 0 Å². The fourth-order valence-electron chi connectivity index (χ4n) is 0.692. The minimum atomic E-state index is -0.911. The standard InChI is InChI=1S/C7H6BO2.2H2O/c9-7(10)8-6-4-2-1-3-5-6;;/h1-5H,(H,9,10);2*1H2. The normalized spacial score (nSPS) is 7.33. The monoisotopic (exact) mass is 169 g/mol. The van der Waals surface area contributed by atoms with Crippen molar-refractivity contribution < 1.29 is 20.9 Å². The molecule has 0 aromatic heterocycles. The van der Waals surface area contributed by atoms with Crippen molar-refractivity contribution in [1.29, 1.82) is 0 Å². The highest BCUT2D eigenvalue weighted by Crippen LogP contribution is 1.80. The van der Waals surface area contributed by atoms with E-state index in [1.54, 1.807) is 24.3 Å². The van der Waals surface area contributed by atoms with Crippen LogP contribution in [0.3, 0.4) is 0 Å². The zero-order valence-electron chi connectivity index (χ0n) is 6.32. The first-order valence-electron chi connectivity index (χ1n) is 2.92. The van der Waals surface area contributed by atoms with E-state index in [9.17, 15) is 4.79 Å². The third kappa shape index (κ3) is 4.48. The molecule has 0 spiro atoms. The number of carbonyl (C=O) groups is 1. The van der Waals surface area contributed by atoms with Gasteiger partial charge in [-0.1, -0.05) is 35.8 Å². The molecule has 1 radical (unpaired) electrons. The molecule has 12 heavy (non-hydrogen) atoms. The Balaban J connectivity index is 0. The van der Waals surface area contributed by atoms with Gasteiger partial charge in [-0.2, -0.15) is 0 Å². The van der Waals surface area contributed by atoms with Crippen LogP contribution >= 0.6 is 0 Å². The van der Waals surface area contributed by atoms with E-state index >= 15 is 0 Å². The first kappa shape index (κ1) is 13.3. The van der Waals surface area contributed by atoms with E-state index in [-0.39, 0.29) is 11.0 Å². The van der Waals surface area contributed by atoms with Crippen LogP contribution in [0, 0.1) is 0 Å². The maximum atomic E-state index is 10.1.